The molecule has 3 nitrogen and oxygen atoms in total. The number of pyridine rings is 1. The monoisotopic (exact) mass is 304 g/mol. The fourth-order valence-corrected chi connectivity index (χ4v) is 2.73. The van der Waals surface area contributed by atoms with Gasteiger partial charge in [-0.05, 0) is 43.5 Å². The Balaban J connectivity index is 2.14. The van der Waals surface area contributed by atoms with Gasteiger partial charge in [0.25, 0.3) is 0 Å². The summed E-state index contributed by atoms with van der Waals surface area (Å²) < 4.78 is 0. The van der Waals surface area contributed by atoms with E-state index in [2.05, 4.69) is 37.9 Å². The smallest absolute Gasteiger partial charge is 0.141 e. The number of rotatable bonds is 3. The number of hydrogen-bond donors (Lipinski definition) is 1. The summed E-state index contributed by atoms with van der Waals surface area (Å²) in [6.07, 6.45) is 0.778. The maximum atomic E-state index is 10.0. The lowest BCUT2D eigenvalue weighted by molar-refractivity contribution is 0.480. The summed E-state index contributed by atoms with van der Waals surface area (Å²) in [5, 5.41) is 11.0. The Kier molecular flexibility index (Phi) is 4.11. The van der Waals surface area contributed by atoms with E-state index < -0.39 is 0 Å². The van der Waals surface area contributed by atoms with Crippen molar-refractivity contribution in [2.45, 2.75) is 27.2 Å². The van der Waals surface area contributed by atoms with Gasteiger partial charge in [-0.1, -0.05) is 43.3 Å². The molecule has 3 aromatic rings. The minimum Gasteiger partial charge on any atom is -0.506 e. The van der Waals surface area contributed by atoms with Crippen molar-refractivity contribution in [1.29, 1.82) is 0 Å². The molecule has 1 heterocycles. The summed E-state index contributed by atoms with van der Waals surface area (Å²) in [6, 6.07) is 15.6. The second-order valence-electron chi connectivity index (χ2n) is 5.70. The number of aromatic nitrogens is 1. The van der Waals surface area contributed by atoms with Gasteiger partial charge >= 0.3 is 0 Å². The van der Waals surface area contributed by atoms with Crippen molar-refractivity contribution in [3.8, 4) is 5.75 Å². The summed E-state index contributed by atoms with van der Waals surface area (Å²) in [6.45, 7) is 6.21. The van der Waals surface area contributed by atoms with Gasteiger partial charge in [0.1, 0.15) is 11.3 Å². The molecular formula is C20H20N2O. The Bertz CT molecular complexity index is 877. The van der Waals surface area contributed by atoms with Crippen molar-refractivity contribution in [3.63, 3.8) is 0 Å². The van der Waals surface area contributed by atoms with Gasteiger partial charge in [0.05, 0.1) is 17.1 Å². The van der Waals surface area contributed by atoms with Crippen LogP contribution in [0.5, 0.6) is 5.75 Å². The van der Waals surface area contributed by atoms with Crippen LogP contribution in [0.2, 0.25) is 0 Å². The summed E-state index contributed by atoms with van der Waals surface area (Å²) >= 11 is 0. The third kappa shape index (κ3) is 2.95. The highest BCUT2D eigenvalue weighted by Gasteiger charge is 2.09. The Morgan fingerprint density at radius 2 is 1.70 bits per heavy atom. The van der Waals surface area contributed by atoms with Crippen molar-refractivity contribution in [1.82, 2.24) is 4.98 Å². The van der Waals surface area contributed by atoms with Crippen LogP contribution in [0, 0.1) is 13.8 Å². The minimum absolute atomic E-state index is 0.201. The molecule has 3 rings (SSSR count). The van der Waals surface area contributed by atoms with Crippen molar-refractivity contribution < 1.29 is 5.11 Å². The van der Waals surface area contributed by atoms with Crippen molar-refractivity contribution in [3.05, 3.63) is 65.4 Å². The average Bonchev–Trinajstić information content (AvgIpc) is 2.55. The van der Waals surface area contributed by atoms with E-state index in [1.54, 1.807) is 6.07 Å². The molecule has 0 bridgehead atoms. The van der Waals surface area contributed by atoms with E-state index in [1.807, 2.05) is 30.3 Å². The van der Waals surface area contributed by atoms with Gasteiger partial charge < -0.3 is 5.11 Å². The molecule has 1 N–H and O–H groups in total. The van der Waals surface area contributed by atoms with Gasteiger partial charge in [-0.15, -0.1) is 0 Å². The van der Waals surface area contributed by atoms with Crippen LogP contribution >= 0.6 is 0 Å². The molecule has 1 aromatic heterocycles. The van der Waals surface area contributed by atoms with E-state index >= 15 is 0 Å². The largest absolute Gasteiger partial charge is 0.506 e. The maximum Gasteiger partial charge on any atom is 0.141 e. The molecule has 23 heavy (non-hydrogen) atoms. The zero-order chi connectivity index (χ0) is 16.4. The first-order chi connectivity index (χ1) is 11.1. The van der Waals surface area contributed by atoms with E-state index in [0.717, 1.165) is 40.0 Å². The Labute approximate surface area is 136 Å². The topological polar surface area (TPSA) is 45.5 Å². The molecule has 3 heteroatoms. The van der Waals surface area contributed by atoms with E-state index in [0.29, 0.717) is 5.52 Å². The van der Waals surface area contributed by atoms with Crippen LogP contribution in [-0.2, 0) is 0 Å². The molecule has 0 aliphatic rings. The van der Waals surface area contributed by atoms with Crippen LogP contribution in [0.4, 0.5) is 5.69 Å². The number of para-hydroxylation sites is 2. The summed E-state index contributed by atoms with van der Waals surface area (Å²) in [7, 11) is 0. The number of aryl methyl sites for hydroxylation is 2. The van der Waals surface area contributed by atoms with Crippen molar-refractivity contribution in [2.24, 2.45) is 4.99 Å². The maximum absolute atomic E-state index is 10.0. The number of nitrogens with zero attached hydrogens (tertiary/aromatic N) is 2. The van der Waals surface area contributed by atoms with Gasteiger partial charge in [0.2, 0.25) is 0 Å². The Hall–Kier alpha value is -2.68. The second kappa shape index (κ2) is 6.21. The summed E-state index contributed by atoms with van der Waals surface area (Å²) in [5.74, 6) is 0.201. The number of fused-ring (bicyclic) bond motifs is 1. The number of aliphatic imine (C=N–C) groups is 1. The first-order valence-corrected chi connectivity index (χ1v) is 7.83. The molecular weight excluding hydrogens is 284 g/mol. The molecule has 0 fully saturated rings. The van der Waals surface area contributed by atoms with Gasteiger partial charge in [0.15, 0.2) is 0 Å². The second-order valence-corrected chi connectivity index (χ2v) is 5.70. The van der Waals surface area contributed by atoms with Gasteiger partial charge in [-0.2, -0.15) is 0 Å². The molecule has 0 saturated heterocycles. The van der Waals surface area contributed by atoms with Crippen LogP contribution in [0.1, 0.15) is 30.2 Å². The lowest BCUT2D eigenvalue weighted by Gasteiger charge is -2.09. The van der Waals surface area contributed by atoms with Crippen LogP contribution in [0.15, 0.2) is 53.5 Å². The highest BCUT2D eigenvalue weighted by Crippen LogP contribution is 2.26. The number of hydrogen-bond acceptors (Lipinski definition) is 3. The zero-order valence-corrected chi connectivity index (χ0v) is 13.7. The standard InChI is InChI=1S/C20H20N2O/c1-4-16(21-19-13(2)7-5-8-14(19)3)17-12-11-15-9-6-10-18(23)20(15)22-17/h5-12,23H,4H2,1-3H3. The number of benzene rings is 2. The zero-order valence-electron chi connectivity index (χ0n) is 13.7. The third-order valence-corrected chi connectivity index (χ3v) is 4.02. The van der Waals surface area contributed by atoms with Gasteiger partial charge in [0, 0.05) is 5.39 Å². The molecule has 0 aliphatic heterocycles. The number of aromatic hydroxyl groups is 1. The molecule has 0 amide bonds. The van der Waals surface area contributed by atoms with Crippen molar-refractivity contribution in [2.75, 3.05) is 0 Å². The minimum atomic E-state index is 0.201. The quantitative estimate of drug-likeness (QED) is 0.685. The van der Waals surface area contributed by atoms with Crippen LogP contribution in [-0.4, -0.2) is 15.8 Å². The van der Waals surface area contributed by atoms with Gasteiger partial charge in [-0.3, -0.25) is 4.99 Å². The van der Waals surface area contributed by atoms with Crippen molar-refractivity contribution >= 4 is 22.3 Å². The van der Waals surface area contributed by atoms with E-state index in [9.17, 15) is 5.11 Å². The molecule has 0 atom stereocenters. The third-order valence-electron chi connectivity index (χ3n) is 4.02. The molecule has 0 spiro atoms. The highest BCUT2D eigenvalue weighted by molar-refractivity contribution is 6.02. The van der Waals surface area contributed by atoms with E-state index in [-0.39, 0.29) is 5.75 Å². The Morgan fingerprint density at radius 1 is 1.00 bits per heavy atom. The van der Waals surface area contributed by atoms with E-state index in [1.165, 1.54) is 0 Å². The molecule has 0 unspecified atom stereocenters. The molecule has 0 saturated carbocycles. The summed E-state index contributed by atoms with van der Waals surface area (Å²) in [5.41, 5.74) is 5.66. The predicted molar refractivity (Wildman–Crippen MR) is 95.8 cm³/mol. The van der Waals surface area contributed by atoms with Crippen LogP contribution < -0.4 is 0 Å². The molecule has 0 aliphatic carbocycles. The lowest BCUT2D eigenvalue weighted by atomic mass is 10.1. The first-order valence-electron chi connectivity index (χ1n) is 7.83. The molecule has 116 valence electrons. The first kappa shape index (κ1) is 15.2. The SMILES string of the molecule is CCC(=Nc1c(C)cccc1C)c1ccc2cccc(O)c2n1. The normalized spacial score (nSPS) is 11.9. The average molecular weight is 304 g/mol. The number of phenolic OH excluding ortho intramolecular Hbond substituents is 1. The van der Waals surface area contributed by atoms with E-state index in [4.69, 9.17) is 4.99 Å². The molecule has 0 radical (unpaired) electrons. The van der Waals surface area contributed by atoms with Crippen LogP contribution in [0.3, 0.4) is 0 Å². The van der Waals surface area contributed by atoms with Gasteiger partial charge in [-0.25, -0.2) is 4.98 Å². The fourth-order valence-electron chi connectivity index (χ4n) is 2.73. The predicted octanol–water partition coefficient (Wildman–Crippen LogP) is 5.09. The Morgan fingerprint density at radius 3 is 2.39 bits per heavy atom. The van der Waals surface area contributed by atoms with Crippen LogP contribution in [0.25, 0.3) is 10.9 Å². The fraction of sp³-hybridized carbons (Fsp3) is 0.200. The number of phenols is 1. The molecule has 2 aromatic carbocycles. The lowest BCUT2D eigenvalue weighted by Crippen LogP contribution is -2.02. The summed E-state index contributed by atoms with van der Waals surface area (Å²) in [4.78, 5) is 9.48. The highest BCUT2D eigenvalue weighted by atomic mass is 16.3.